The summed E-state index contributed by atoms with van der Waals surface area (Å²) in [7, 11) is 0. The van der Waals surface area contributed by atoms with Crippen LogP contribution >= 0.6 is 0 Å². The second kappa shape index (κ2) is 9.15. The predicted molar refractivity (Wildman–Crippen MR) is 50.2 cm³/mol. The van der Waals surface area contributed by atoms with Gasteiger partial charge in [0.05, 0.1) is 0 Å². The molecule has 0 aromatic carbocycles. The van der Waals surface area contributed by atoms with E-state index in [1.165, 1.54) is 12.5 Å². The molecule has 0 atom stereocenters. The first-order chi connectivity index (χ1) is 5.13. The first-order valence-electron chi connectivity index (χ1n) is 3.75. The van der Waals surface area contributed by atoms with E-state index in [1.54, 1.807) is 6.92 Å². The Balaban J connectivity index is 0. The minimum absolute atomic E-state index is 0.306. The molecule has 0 saturated carbocycles. The Morgan fingerprint density at radius 1 is 1.27 bits per heavy atom. The summed E-state index contributed by atoms with van der Waals surface area (Å²) in [6, 6.07) is 0. The van der Waals surface area contributed by atoms with Crippen molar-refractivity contribution in [3.05, 3.63) is 36.7 Å². The van der Waals surface area contributed by atoms with Gasteiger partial charge in [-0.15, -0.1) is 0 Å². The lowest BCUT2D eigenvalue weighted by molar-refractivity contribution is 0.659. The van der Waals surface area contributed by atoms with E-state index < -0.39 is 0 Å². The quantitative estimate of drug-likeness (QED) is 0.530. The molecule has 0 amide bonds. The lowest BCUT2D eigenvalue weighted by Crippen LogP contribution is -1.69. The molecule has 11 heavy (non-hydrogen) atoms. The van der Waals surface area contributed by atoms with Gasteiger partial charge < -0.3 is 0 Å². The fourth-order valence-corrected chi connectivity index (χ4v) is 0.258. The van der Waals surface area contributed by atoms with Crippen LogP contribution in [0.3, 0.4) is 0 Å². The number of halogens is 1. The lowest BCUT2D eigenvalue weighted by atomic mass is 10.3. The zero-order valence-corrected chi connectivity index (χ0v) is 7.65. The summed E-state index contributed by atoms with van der Waals surface area (Å²) >= 11 is 0. The average Bonchev–Trinajstić information content (AvgIpc) is 2.03. The van der Waals surface area contributed by atoms with Gasteiger partial charge in [-0.3, -0.25) is 0 Å². The standard InChI is InChI=1S/C7H9F.C3H8/c1-4-6(3)7(8)5-2;1-3-2/h4-5H,1-2H2,3H3;3H2,1-2H3/b7-6+;. The van der Waals surface area contributed by atoms with Gasteiger partial charge in [0, 0.05) is 0 Å². The molecule has 0 aliphatic carbocycles. The maximum Gasteiger partial charge on any atom is 0.125 e. The van der Waals surface area contributed by atoms with Crippen molar-refractivity contribution in [2.45, 2.75) is 27.2 Å². The molecule has 0 nitrogen and oxygen atoms in total. The van der Waals surface area contributed by atoms with Crippen molar-refractivity contribution in [3.8, 4) is 0 Å². The normalized spacial score (nSPS) is 10.5. The van der Waals surface area contributed by atoms with Gasteiger partial charge in [0.2, 0.25) is 0 Å². The van der Waals surface area contributed by atoms with Crippen molar-refractivity contribution < 1.29 is 4.39 Å². The highest BCUT2D eigenvalue weighted by Gasteiger charge is 1.87. The SMILES string of the molecule is C=C/C(C)=C(/F)C=C.CCC. The van der Waals surface area contributed by atoms with Crippen LogP contribution in [-0.2, 0) is 0 Å². The van der Waals surface area contributed by atoms with Gasteiger partial charge in [-0.25, -0.2) is 4.39 Å². The van der Waals surface area contributed by atoms with E-state index in [0.717, 1.165) is 6.08 Å². The molecule has 0 aliphatic heterocycles. The molecule has 64 valence electrons. The van der Waals surface area contributed by atoms with Crippen LogP contribution in [0.2, 0.25) is 0 Å². The molecule has 0 saturated heterocycles. The van der Waals surface area contributed by atoms with Crippen molar-refractivity contribution >= 4 is 0 Å². The van der Waals surface area contributed by atoms with Crippen LogP contribution in [0.1, 0.15) is 27.2 Å². The van der Waals surface area contributed by atoms with Crippen molar-refractivity contribution in [1.82, 2.24) is 0 Å². The second-order valence-corrected chi connectivity index (χ2v) is 2.15. The highest BCUT2D eigenvalue weighted by Crippen LogP contribution is 2.05. The number of allylic oxidation sites excluding steroid dienone is 4. The summed E-state index contributed by atoms with van der Waals surface area (Å²) in [5, 5.41) is 0. The van der Waals surface area contributed by atoms with Gasteiger partial charge in [-0.1, -0.05) is 39.5 Å². The Kier molecular flexibility index (Phi) is 10.6. The molecule has 0 aromatic rings. The third-order valence-corrected chi connectivity index (χ3v) is 0.862. The minimum Gasteiger partial charge on any atom is -0.207 e. The molecule has 0 spiro atoms. The van der Waals surface area contributed by atoms with Gasteiger partial charge in [0.25, 0.3) is 0 Å². The Morgan fingerprint density at radius 3 is 1.73 bits per heavy atom. The topological polar surface area (TPSA) is 0 Å². The summed E-state index contributed by atoms with van der Waals surface area (Å²) < 4.78 is 12.2. The summed E-state index contributed by atoms with van der Waals surface area (Å²) in [5.74, 6) is -0.306. The van der Waals surface area contributed by atoms with Crippen molar-refractivity contribution in [3.63, 3.8) is 0 Å². The highest BCUT2D eigenvalue weighted by atomic mass is 19.1. The largest absolute Gasteiger partial charge is 0.207 e. The smallest absolute Gasteiger partial charge is 0.125 e. The minimum atomic E-state index is -0.306. The van der Waals surface area contributed by atoms with E-state index in [2.05, 4.69) is 27.0 Å². The first kappa shape index (κ1) is 12.8. The van der Waals surface area contributed by atoms with Crippen LogP contribution in [-0.4, -0.2) is 0 Å². The summed E-state index contributed by atoms with van der Waals surface area (Å²) in [6.07, 6.45) is 3.87. The fourth-order valence-electron chi connectivity index (χ4n) is 0.258. The molecule has 0 heterocycles. The van der Waals surface area contributed by atoms with Crippen molar-refractivity contribution in [2.75, 3.05) is 0 Å². The first-order valence-corrected chi connectivity index (χ1v) is 3.75. The molecular weight excluding hydrogens is 139 g/mol. The summed E-state index contributed by atoms with van der Waals surface area (Å²) in [6.45, 7) is 12.5. The van der Waals surface area contributed by atoms with Crippen LogP contribution in [0, 0.1) is 0 Å². The van der Waals surface area contributed by atoms with Gasteiger partial charge in [0.15, 0.2) is 0 Å². The van der Waals surface area contributed by atoms with E-state index in [4.69, 9.17) is 0 Å². The fraction of sp³-hybridized carbons (Fsp3) is 0.400. The maximum atomic E-state index is 12.2. The molecule has 0 N–H and O–H groups in total. The predicted octanol–water partition coefficient (Wildman–Crippen LogP) is 4.02. The van der Waals surface area contributed by atoms with Crippen LogP contribution in [0.15, 0.2) is 36.7 Å². The van der Waals surface area contributed by atoms with E-state index in [1.807, 2.05) is 0 Å². The Hall–Kier alpha value is -0.850. The third kappa shape index (κ3) is 9.15. The van der Waals surface area contributed by atoms with Crippen LogP contribution in [0.5, 0.6) is 0 Å². The van der Waals surface area contributed by atoms with Crippen LogP contribution in [0.25, 0.3) is 0 Å². The number of hydrogen-bond donors (Lipinski definition) is 0. The molecule has 0 radical (unpaired) electrons. The zero-order chi connectivity index (χ0) is 9.28. The Morgan fingerprint density at radius 2 is 1.64 bits per heavy atom. The van der Waals surface area contributed by atoms with Crippen molar-refractivity contribution in [2.24, 2.45) is 0 Å². The highest BCUT2D eigenvalue weighted by molar-refractivity contribution is 5.23. The molecule has 0 rings (SSSR count). The van der Waals surface area contributed by atoms with Gasteiger partial charge in [0.1, 0.15) is 5.83 Å². The van der Waals surface area contributed by atoms with Crippen LogP contribution in [0.4, 0.5) is 4.39 Å². The number of rotatable bonds is 2. The van der Waals surface area contributed by atoms with E-state index in [-0.39, 0.29) is 5.83 Å². The number of hydrogen-bond acceptors (Lipinski definition) is 0. The molecule has 0 fully saturated rings. The molecule has 0 unspecified atom stereocenters. The maximum absolute atomic E-state index is 12.2. The Bertz CT molecular complexity index is 127. The Labute approximate surface area is 69.1 Å². The average molecular weight is 156 g/mol. The summed E-state index contributed by atoms with van der Waals surface area (Å²) in [4.78, 5) is 0. The van der Waals surface area contributed by atoms with Gasteiger partial charge in [-0.05, 0) is 18.6 Å². The molecule has 1 heteroatoms. The molecular formula is C10H17F. The van der Waals surface area contributed by atoms with Crippen LogP contribution < -0.4 is 0 Å². The van der Waals surface area contributed by atoms with E-state index >= 15 is 0 Å². The monoisotopic (exact) mass is 156 g/mol. The lowest BCUT2D eigenvalue weighted by Gasteiger charge is -1.87. The molecule has 0 bridgehead atoms. The van der Waals surface area contributed by atoms with Gasteiger partial charge >= 0.3 is 0 Å². The second-order valence-electron chi connectivity index (χ2n) is 2.15. The third-order valence-electron chi connectivity index (χ3n) is 0.862. The summed E-state index contributed by atoms with van der Waals surface area (Å²) in [5.41, 5.74) is 0.528. The molecule has 0 aliphatic rings. The molecule has 0 aromatic heterocycles. The zero-order valence-electron chi connectivity index (χ0n) is 7.65. The van der Waals surface area contributed by atoms with E-state index in [9.17, 15) is 4.39 Å². The van der Waals surface area contributed by atoms with Gasteiger partial charge in [-0.2, -0.15) is 0 Å². The van der Waals surface area contributed by atoms with Crippen molar-refractivity contribution in [1.29, 1.82) is 0 Å². The van der Waals surface area contributed by atoms with E-state index in [0.29, 0.717) is 5.57 Å².